The van der Waals surface area contributed by atoms with Gasteiger partial charge < -0.3 is 9.97 Å². The zero-order valence-electron chi connectivity index (χ0n) is 14.9. The molecule has 0 aliphatic heterocycles. The van der Waals surface area contributed by atoms with E-state index in [-0.39, 0.29) is 5.92 Å². The maximum absolute atomic E-state index is 3.83. The van der Waals surface area contributed by atoms with E-state index < -0.39 is 0 Å². The molecule has 0 atom stereocenters. The van der Waals surface area contributed by atoms with Crippen molar-refractivity contribution in [2.45, 2.75) is 12.8 Å². The van der Waals surface area contributed by atoms with Gasteiger partial charge in [-0.15, -0.1) is 0 Å². The molecule has 0 fully saturated rings. The van der Waals surface area contributed by atoms with Crippen molar-refractivity contribution in [3.8, 4) is 0 Å². The maximum atomic E-state index is 3.83. The standard InChI is InChI=1S/C24H22N2/c1-3-5-10-17(4-2)24(20-15-25-22-13-8-6-11-18(20)22)21-16-26-23-14-9-7-12-19(21)23/h3-16,24-26H,1H2,2H3/b10-5-,17-4+. The molecule has 0 radical (unpaired) electrons. The normalized spacial score (nSPS) is 12.6. The third kappa shape index (κ3) is 2.70. The summed E-state index contributed by atoms with van der Waals surface area (Å²) in [7, 11) is 0. The fraction of sp³-hybridized carbons (Fsp3) is 0.0833. The number of hydrogen-bond acceptors (Lipinski definition) is 0. The predicted octanol–water partition coefficient (Wildman–Crippen LogP) is 6.47. The van der Waals surface area contributed by atoms with Crippen molar-refractivity contribution in [1.29, 1.82) is 0 Å². The van der Waals surface area contributed by atoms with Gasteiger partial charge in [-0.05, 0) is 35.8 Å². The van der Waals surface area contributed by atoms with Gasteiger partial charge in [0, 0.05) is 40.1 Å². The quantitative estimate of drug-likeness (QED) is 0.391. The van der Waals surface area contributed by atoms with Gasteiger partial charge in [0.1, 0.15) is 0 Å². The zero-order valence-corrected chi connectivity index (χ0v) is 14.9. The highest BCUT2D eigenvalue weighted by Crippen LogP contribution is 2.39. The molecule has 2 aromatic carbocycles. The molecule has 0 aliphatic carbocycles. The third-order valence-corrected chi connectivity index (χ3v) is 4.96. The number of rotatable bonds is 5. The van der Waals surface area contributed by atoms with E-state index in [1.807, 2.05) is 12.2 Å². The molecule has 2 N–H and O–H groups in total. The van der Waals surface area contributed by atoms with Crippen molar-refractivity contribution >= 4 is 21.8 Å². The van der Waals surface area contributed by atoms with Crippen molar-refractivity contribution in [2.75, 3.05) is 0 Å². The second kappa shape index (κ2) is 6.93. The Hall–Kier alpha value is -3.26. The molecule has 26 heavy (non-hydrogen) atoms. The van der Waals surface area contributed by atoms with Gasteiger partial charge in [0.2, 0.25) is 0 Å². The van der Waals surface area contributed by atoms with E-state index in [9.17, 15) is 0 Å². The molecule has 2 nitrogen and oxygen atoms in total. The van der Waals surface area contributed by atoms with E-state index in [1.165, 1.54) is 27.5 Å². The van der Waals surface area contributed by atoms with Crippen LogP contribution in [0.25, 0.3) is 21.8 Å². The van der Waals surface area contributed by atoms with Gasteiger partial charge in [-0.3, -0.25) is 0 Å². The highest BCUT2D eigenvalue weighted by Gasteiger charge is 2.23. The molecule has 0 amide bonds. The summed E-state index contributed by atoms with van der Waals surface area (Å²) >= 11 is 0. The van der Waals surface area contributed by atoms with Crippen LogP contribution in [-0.2, 0) is 0 Å². The molecule has 2 aromatic heterocycles. The number of fused-ring (bicyclic) bond motifs is 2. The molecule has 0 aliphatic rings. The fourth-order valence-corrected chi connectivity index (χ4v) is 3.73. The Morgan fingerprint density at radius 2 is 1.42 bits per heavy atom. The first-order chi connectivity index (χ1) is 12.8. The second-order valence-corrected chi connectivity index (χ2v) is 6.40. The Labute approximate surface area is 153 Å². The Balaban J connectivity index is 1.98. The predicted molar refractivity (Wildman–Crippen MR) is 112 cm³/mol. The summed E-state index contributed by atoms with van der Waals surface area (Å²) in [5.74, 6) is 0.142. The molecule has 128 valence electrons. The summed E-state index contributed by atoms with van der Waals surface area (Å²) < 4.78 is 0. The topological polar surface area (TPSA) is 31.6 Å². The van der Waals surface area contributed by atoms with Gasteiger partial charge in [-0.2, -0.15) is 0 Å². The maximum Gasteiger partial charge on any atom is 0.0457 e. The lowest BCUT2D eigenvalue weighted by Crippen LogP contribution is -2.02. The lowest BCUT2D eigenvalue weighted by Gasteiger charge is -2.18. The first-order valence-electron chi connectivity index (χ1n) is 8.91. The van der Waals surface area contributed by atoms with E-state index in [1.54, 1.807) is 0 Å². The lowest BCUT2D eigenvalue weighted by atomic mass is 9.84. The summed E-state index contributed by atoms with van der Waals surface area (Å²) in [5, 5.41) is 2.52. The van der Waals surface area contributed by atoms with Crippen LogP contribution in [0, 0.1) is 0 Å². The molecule has 0 saturated carbocycles. The first kappa shape index (κ1) is 16.2. The van der Waals surface area contributed by atoms with Crippen molar-refractivity contribution in [3.63, 3.8) is 0 Å². The number of nitrogens with one attached hydrogen (secondary N) is 2. The molecule has 2 heteroatoms. The van der Waals surface area contributed by atoms with Crippen LogP contribution in [0.5, 0.6) is 0 Å². The van der Waals surface area contributed by atoms with E-state index in [2.05, 4.69) is 96.5 Å². The van der Waals surface area contributed by atoms with E-state index in [0.29, 0.717) is 0 Å². The van der Waals surface area contributed by atoms with Gasteiger partial charge in [-0.1, -0.05) is 67.3 Å². The Morgan fingerprint density at radius 1 is 0.885 bits per heavy atom. The number of aromatic amines is 2. The van der Waals surface area contributed by atoms with Crippen LogP contribution in [-0.4, -0.2) is 9.97 Å². The molecule has 2 heterocycles. The Morgan fingerprint density at radius 3 is 1.92 bits per heavy atom. The largest absolute Gasteiger partial charge is 0.361 e. The number of aromatic nitrogens is 2. The van der Waals surface area contributed by atoms with Crippen molar-refractivity contribution in [2.24, 2.45) is 0 Å². The minimum Gasteiger partial charge on any atom is -0.361 e. The van der Waals surface area contributed by atoms with Crippen LogP contribution >= 0.6 is 0 Å². The summed E-state index contributed by atoms with van der Waals surface area (Å²) in [5.41, 5.74) is 6.14. The van der Waals surface area contributed by atoms with Gasteiger partial charge in [-0.25, -0.2) is 0 Å². The van der Waals surface area contributed by atoms with Gasteiger partial charge >= 0.3 is 0 Å². The molecule has 0 spiro atoms. The number of hydrogen-bond donors (Lipinski definition) is 2. The Kier molecular flexibility index (Phi) is 4.32. The van der Waals surface area contributed by atoms with Crippen LogP contribution < -0.4 is 0 Å². The average molecular weight is 338 g/mol. The minimum absolute atomic E-state index is 0.142. The van der Waals surface area contributed by atoms with Crippen molar-refractivity contribution < 1.29 is 0 Å². The molecule has 0 saturated heterocycles. The highest BCUT2D eigenvalue weighted by atomic mass is 14.7. The SMILES string of the molecule is C=C/C=C\C(=C/C)C(c1c[nH]c2ccccc12)c1c[nH]c2ccccc12. The number of allylic oxidation sites excluding steroid dienone is 5. The zero-order chi connectivity index (χ0) is 17.9. The summed E-state index contributed by atoms with van der Waals surface area (Å²) in [6, 6.07) is 17.0. The average Bonchev–Trinajstić information content (AvgIpc) is 3.30. The van der Waals surface area contributed by atoms with Crippen LogP contribution in [0.1, 0.15) is 24.0 Å². The molecule has 4 rings (SSSR count). The molecule has 0 unspecified atom stereocenters. The van der Waals surface area contributed by atoms with Crippen LogP contribution in [0.2, 0.25) is 0 Å². The molecule has 4 aromatic rings. The van der Waals surface area contributed by atoms with Crippen molar-refractivity contribution in [3.05, 3.63) is 109 Å². The van der Waals surface area contributed by atoms with E-state index >= 15 is 0 Å². The summed E-state index contributed by atoms with van der Waals surface area (Å²) in [6.45, 7) is 5.92. The highest BCUT2D eigenvalue weighted by molar-refractivity contribution is 5.89. The Bertz CT molecular complexity index is 1050. The van der Waals surface area contributed by atoms with Crippen molar-refractivity contribution in [1.82, 2.24) is 9.97 Å². The second-order valence-electron chi connectivity index (χ2n) is 6.40. The molecular formula is C24H22N2. The van der Waals surface area contributed by atoms with Gasteiger partial charge in [0.15, 0.2) is 0 Å². The minimum atomic E-state index is 0.142. The van der Waals surface area contributed by atoms with Crippen LogP contribution in [0.15, 0.2) is 97.4 Å². The summed E-state index contributed by atoms with van der Waals surface area (Å²) in [6.07, 6.45) is 12.5. The third-order valence-electron chi connectivity index (χ3n) is 4.96. The number of H-pyrrole nitrogens is 2. The van der Waals surface area contributed by atoms with Gasteiger partial charge in [0.25, 0.3) is 0 Å². The lowest BCUT2D eigenvalue weighted by molar-refractivity contribution is 0.994. The van der Waals surface area contributed by atoms with Crippen LogP contribution in [0.4, 0.5) is 0 Å². The van der Waals surface area contributed by atoms with E-state index in [4.69, 9.17) is 0 Å². The summed E-state index contributed by atoms with van der Waals surface area (Å²) in [4.78, 5) is 6.86. The monoisotopic (exact) mass is 338 g/mol. The fourth-order valence-electron chi connectivity index (χ4n) is 3.73. The van der Waals surface area contributed by atoms with Crippen LogP contribution in [0.3, 0.4) is 0 Å². The number of benzene rings is 2. The first-order valence-corrected chi connectivity index (χ1v) is 8.91. The smallest absolute Gasteiger partial charge is 0.0457 e. The number of para-hydroxylation sites is 2. The molecular weight excluding hydrogens is 316 g/mol. The van der Waals surface area contributed by atoms with Gasteiger partial charge in [0.05, 0.1) is 0 Å². The van der Waals surface area contributed by atoms with E-state index in [0.717, 1.165) is 11.0 Å². The molecule has 0 bridgehead atoms.